The number of rotatable bonds is 11. The van der Waals surface area contributed by atoms with E-state index >= 15 is 0 Å². The van der Waals surface area contributed by atoms with Gasteiger partial charge in [-0.3, -0.25) is 0 Å². The van der Waals surface area contributed by atoms with Gasteiger partial charge in [0.2, 0.25) is 6.29 Å². The van der Waals surface area contributed by atoms with Crippen molar-refractivity contribution in [2.75, 3.05) is 6.61 Å². The Morgan fingerprint density at radius 2 is 1.44 bits per heavy atom. The third-order valence-corrected chi connectivity index (χ3v) is 2.51. The number of hydrogen-bond acceptors (Lipinski definition) is 7. The highest BCUT2D eigenvalue weighted by Crippen LogP contribution is 2.09. The van der Waals surface area contributed by atoms with Crippen molar-refractivity contribution < 1.29 is 33.7 Å². The predicted octanol–water partition coefficient (Wildman–Crippen LogP) is 2.45. The van der Waals surface area contributed by atoms with Crippen molar-refractivity contribution in [3.05, 3.63) is 38.0 Å². The highest BCUT2D eigenvalue weighted by molar-refractivity contribution is 5.83. The van der Waals surface area contributed by atoms with E-state index in [1.165, 1.54) is 6.92 Å². The number of hydrogen-bond donors (Lipinski definition) is 1. The Bertz CT molecular complexity index is 419. The van der Waals surface area contributed by atoms with Crippen molar-refractivity contribution in [3.8, 4) is 0 Å². The van der Waals surface area contributed by atoms with Gasteiger partial charge >= 0.3 is 17.9 Å². The number of aliphatic hydroxyl groups excluding tert-OH is 1. The van der Waals surface area contributed by atoms with E-state index in [1.54, 1.807) is 0 Å². The van der Waals surface area contributed by atoms with Crippen LogP contribution in [-0.2, 0) is 28.6 Å². The van der Waals surface area contributed by atoms with E-state index in [4.69, 9.17) is 14.6 Å². The molecule has 142 valence electrons. The van der Waals surface area contributed by atoms with Gasteiger partial charge in [-0.15, -0.1) is 0 Å². The molecule has 0 heterocycles. The minimum Gasteiger partial charge on any atom is -0.460 e. The van der Waals surface area contributed by atoms with Gasteiger partial charge in [0.15, 0.2) is 0 Å². The van der Waals surface area contributed by atoms with Crippen LogP contribution in [0.15, 0.2) is 38.0 Å². The molecule has 1 N–H and O–H groups in total. The molecule has 0 rings (SSSR count). The second-order valence-electron chi connectivity index (χ2n) is 4.89. The molecule has 0 aliphatic carbocycles. The van der Waals surface area contributed by atoms with Crippen LogP contribution in [0.4, 0.5) is 0 Å². The number of aliphatic hydroxyl groups is 1. The van der Waals surface area contributed by atoms with E-state index in [-0.39, 0.29) is 6.61 Å². The summed E-state index contributed by atoms with van der Waals surface area (Å²) < 4.78 is 14.2. The Hall–Kier alpha value is -2.41. The van der Waals surface area contributed by atoms with E-state index in [1.807, 2.05) is 0 Å². The van der Waals surface area contributed by atoms with Crippen molar-refractivity contribution in [2.45, 2.75) is 51.9 Å². The molecule has 0 aromatic rings. The molecule has 0 aromatic carbocycles. The first-order valence-electron chi connectivity index (χ1n) is 7.93. The number of esters is 3. The molecule has 0 aliphatic rings. The van der Waals surface area contributed by atoms with Gasteiger partial charge in [-0.2, -0.15) is 0 Å². The zero-order chi connectivity index (χ0) is 19.7. The van der Waals surface area contributed by atoms with Crippen LogP contribution in [0.2, 0.25) is 0 Å². The molecule has 0 saturated heterocycles. The fourth-order valence-electron chi connectivity index (χ4n) is 1.32. The van der Waals surface area contributed by atoms with Gasteiger partial charge < -0.3 is 19.3 Å². The average molecular weight is 356 g/mol. The molecule has 0 aliphatic heterocycles. The smallest absolute Gasteiger partial charge is 0.333 e. The fourth-order valence-corrected chi connectivity index (χ4v) is 1.32. The molecule has 1 unspecified atom stereocenters. The summed E-state index contributed by atoms with van der Waals surface area (Å²) in [7, 11) is 0. The SMILES string of the molecule is C=CC(=O)OC(CCCCC)OC(=O)C=C.C=CC(=O)OCC(C)O. The van der Waals surface area contributed by atoms with E-state index in [0.29, 0.717) is 6.42 Å². The lowest BCUT2D eigenvalue weighted by molar-refractivity contribution is -0.182. The zero-order valence-electron chi connectivity index (χ0n) is 14.9. The van der Waals surface area contributed by atoms with Gasteiger partial charge in [-0.05, 0) is 13.3 Å². The first-order chi connectivity index (χ1) is 11.8. The fraction of sp³-hybridized carbons (Fsp3) is 0.500. The second kappa shape index (κ2) is 16.4. The lowest BCUT2D eigenvalue weighted by Crippen LogP contribution is -2.23. The van der Waals surface area contributed by atoms with Crippen LogP contribution in [-0.4, -0.2) is 42.0 Å². The van der Waals surface area contributed by atoms with E-state index in [0.717, 1.165) is 37.5 Å². The molecule has 7 nitrogen and oxygen atoms in total. The molecule has 0 spiro atoms. The molecule has 7 heteroatoms. The Morgan fingerprint density at radius 3 is 1.80 bits per heavy atom. The van der Waals surface area contributed by atoms with Gasteiger partial charge in [-0.25, -0.2) is 14.4 Å². The van der Waals surface area contributed by atoms with Crippen LogP contribution in [0.1, 0.15) is 39.5 Å². The molecule has 0 saturated carbocycles. The Morgan fingerprint density at radius 1 is 0.960 bits per heavy atom. The van der Waals surface area contributed by atoms with Crippen molar-refractivity contribution >= 4 is 17.9 Å². The number of carbonyl (C=O) groups excluding carboxylic acids is 3. The maximum absolute atomic E-state index is 11.0. The highest BCUT2D eigenvalue weighted by Gasteiger charge is 2.15. The van der Waals surface area contributed by atoms with Crippen LogP contribution in [0.25, 0.3) is 0 Å². The third kappa shape index (κ3) is 17.8. The van der Waals surface area contributed by atoms with Gasteiger partial charge in [0, 0.05) is 24.6 Å². The van der Waals surface area contributed by atoms with Gasteiger partial charge in [0.25, 0.3) is 0 Å². The summed E-state index contributed by atoms with van der Waals surface area (Å²) >= 11 is 0. The van der Waals surface area contributed by atoms with Crippen LogP contribution in [0.3, 0.4) is 0 Å². The number of unbranched alkanes of at least 4 members (excludes halogenated alkanes) is 2. The van der Waals surface area contributed by atoms with Crippen molar-refractivity contribution in [2.24, 2.45) is 0 Å². The summed E-state index contributed by atoms with van der Waals surface area (Å²) in [6.07, 6.45) is 5.04. The van der Waals surface area contributed by atoms with Gasteiger partial charge in [-0.1, -0.05) is 39.5 Å². The quantitative estimate of drug-likeness (QED) is 0.263. The standard InChI is InChI=1S/C12H18O4.C6H10O3/c1-4-7-8-9-12(15-10(13)5-2)16-11(14)6-3;1-3-6(8)9-4-5(2)7/h5-6,12H,2-4,7-9H2,1H3;3,5,7H,1,4H2,2H3. The maximum atomic E-state index is 11.0. The van der Waals surface area contributed by atoms with Crippen LogP contribution < -0.4 is 0 Å². The third-order valence-electron chi connectivity index (χ3n) is 2.51. The molecular formula is C18H28O7. The normalized spacial score (nSPS) is 10.6. The zero-order valence-corrected chi connectivity index (χ0v) is 14.9. The first kappa shape index (κ1) is 24.8. The van der Waals surface area contributed by atoms with Crippen molar-refractivity contribution in [3.63, 3.8) is 0 Å². The minimum atomic E-state index is -0.845. The highest BCUT2D eigenvalue weighted by atomic mass is 16.7. The minimum absolute atomic E-state index is 0.0326. The Labute approximate surface area is 148 Å². The molecule has 0 fully saturated rings. The van der Waals surface area contributed by atoms with E-state index < -0.39 is 30.3 Å². The summed E-state index contributed by atoms with van der Waals surface area (Å²) in [6, 6.07) is 0. The molecule has 25 heavy (non-hydrogen) atoms. The van der Waals surface area contributed by atoms with Crippen LogP contribution in [0, 0.1) is 0 Å². The second-order valence-corrected chi connectivity index (χ2v) is 4.89. The van der Waals surface area contributed by atoms with Crippen LogP contribution in [0.5, 0.6) is 0 Å². The predicted molar refractivity (Wildman–Crippen MR) is 93.3 cm³/mol. The summed E-state index contributed by atoms with van der Waals surface area (Å²) in [5.74, 6) is -1.70. The molecule has 0 bridgehead atoms. The summed E-state index contributed by atoms with van der Waals surface area (Å²) in [5.41, 5.74) is 0. The lowest BCUT2D eigenvalue weighted by atomic mass is 10.2. The summed E-state index contributed by atoms with van der Waals surface area (Å²) in [4.78, 5) is 32.2. The van der Waals surface area contributed by atoms with Gasteiger partial charge in [0.05, 0.1) is 6.10 Å². The molecular weight excluding hydrogens is 328 g/mol. The molecule has 0 aromatic heterocycles. The van der Waals surface area contributed by atoms with E-state index in [9.17, 15) is 14.4 Å². The topological polar surface area (TPSA) is 99.1 Å². The molecule has 1 atom stereocenters. The molecule has 0 amide bonds. The van der Waals surface area contributed by atoms with Crippen molar-refractivity contribution in [1.29, 1.82) is 0 Å². The van der Waals surface area contributed by atoms with Crippen LogP contribution >= 0.6 is 0 Å². The lowest BCUT2D eigenvalue weighted by Gasteiger charge is -2.16. The molecule has 0 radical (unpaired) electrons. The van der Waals surface area contributed by atoms with Gasteiger partial charge in [0.1, 0.15) is 6.61 Å². The number of ether oxygens (including phenoxy) is 3. The largest absolute Gasteiger partial charge is 0.460 e. The summed E-state index contributed by atoms with van der Waals surface area (Å²) in [5, 5.41) is 8.59. The average Bonchev–Trinajstić information content (AvgIpc) is 2.59. The van der Waals surface area contributed by atoms with Crippen molar-refractivity contribution in [1.82, 2.24) is 0 Å². The Kier molecular flexibility index (Phi) is 16.3. The summed E-state index contributed by atoms with van der Waals surface area (Å²) in [6.45, 7) is 13.4. The maximum Gasteiger partial charge on any atom is 0.333 e. The first-order valence-corrected chi connectivity index (χ1v) is 7.93. The number of carbonyl (C=O) groups is 3. The Balaban J connectivity index is 0. The van der Waals surface area contributed by atoms with E-state index in [2.05, 4.69) is 31.4 Å². The monoisotopic (exact) mass is 356 g/mol.